The fraction of sp³-hybridized carbons (Fsp3) is 0.350. The van der Waals surface area contributed by atoms with Crippen molar-refractivity contribution in [2.45, 2.75) is 32.3 Å². The van der Waals surface area contributed by atoms with Crippen LogP contribution in [0.5, 0.6) is 5.75 Å². The number of nitrogens with zero attached hydrogens (tertiary/aromatic N) is 1. The normalized spacial score (nSPS) is 15.6. The van der Waals surface area contributed by atoms with E-state index >= 15 is 0 Å². The van der Waals surface area contributed by atoms with E-state index in [4.69, 9.17) is 4.74 Å². The van der Waals surface area contributed by atoms with Crippen LogP contribution in [0.1, 0.15) is 26.2 Å². The smallest absolute Gasteiger partial charge is 0.265 e. The lowest BCUT2D eigenvalue weighted by atomic mass is 10.1. The van der Waals surface area contributed by atoms with Gasteiger partial charge in [0.05, 0.1) is 0 Å². The Bertz CT molecular complexity index is 649. The summed E-state index contributed by atoms with van der Waals surface area (Å²) in [7, 11) is 0. The van der Waals surface area contributed by atoms with Gasteiger partial charge in [0.15, 0.2) is 6.10 Å². The average molecular weight is 324 g/mol. The molecule has 24 heavy (non-hydrogen) atoms. The van der Waals surface area contributed by atoms with Gasteiger partial charge in [-0.2, -0.15) is 0 Å². The fourth-order valence-electron chi connectivity index (χ4n) is 2.91. The van der Waals surface area contributed by atoms with Gasteiger partial charge in [0, 0.05) is 24.5 Å². The van der Waals surface area contributed by atoms with Crippen LogP contribution in [0.2, 0.25) is 0 Å². The highest BCUT2D eigenvalue weighted by Crippen LogP contribution is 2.22. The second-order valence-corrected chi connectivity index (χ2v) is 6.16. The Balaban J connectivity index is 1.55. The molecule has 0 aliphatic carbocycles. The Morgan fingerprint density at radius 3 is 2.33 bits per heavy atom. The van der Waals surface area contributed by atoms with Crippen molar-refractivity contribution in [3.8, 4) is 5.75 Å². The molecular weight excluding hydrogens is 300 g/mol. The van der Waals surface area contributed by atoms with E-state index in [-0.39, 0.29) is 5.91 Å². The van der Waals surface area contributed by atoms with E-state index in [1.165, 1.54) is 24.9 Å². The first-order chi connectivity index (χ1) is 11.7. The minimum absolute atomic E-state index is 0.149. The van der Waals surface area contributed by atoms with Crippen LogP contribution in [0.4, 0.5) is 11.4 Å². The molecule has 1 aliphatic rings. The van der Waals surface area contributed by atoms with E-state index in [0.717, 1.165) is 18.8 Å². The van der Waals surface area contributed by atoms with E-state index in [1.54, 1.807) is 6.92 Å². The summed E-state index contributed by atoms with van der Waals surface area (Å²) in [6, 6.07) is 17.4. The number of carbonyl (C=O) groups excluding carboxylic acids is 1. The van der Waals surface area contributed by atoms with Crippen LogP contribution in [0.15, 0.2) is 54.6 Å². The zero-order valence-electron chi connectivity index (χ0n) is 14.1. The Hall–Kier alpha value is -2.49. The Labute approximate surface area is 143 Å². The zero-order chi connectivity index (χ0) is 16.8. The molecule has 0 saturated carbocycles. The van der Waals surface area contributed by atoms with Crippen molar-refractivity contribution in [3.05, 3.63) is 54.6 Å². The van der Waals surface area contributed by atoms with E-state index < -0.39 is 6.10 Å². The van der Waals surface area contributed by atoms with Gasteiger partial charge < -0.3 is 15.0 Å². The fourth-order valence-corrected chi connectivity index (χ4v) is 2.91. The third kappa shape index (κ3) is 4.28. The minimum atomic E-state index is -0.547. The molecule has 4 heteroatoms. The molecule has 0 spiro atoms. The summed E-state index contributed by atoms with van der Waals surface area (Å²) in [5.74, 6) is 0.546. The second kappa shape index (κ2) is 7.86. The quantitative estimate of drug-likeness (QED) is 0.901. The number of carbonyl (C=O) groups is 1. The molecular formula is C20H24N2O2. The number of rotatable bonds is 5. The lowest BCUT2D eigenvalue weighted by Gasteiger charge is -2.28. The maximum Gasteiger partial charge on any atom is 0.265 e. The highest BCUT2D eigenvalue weighted by molar-refractivity contribution is 5.94. The molecule has 2 aromatic carbocycles. The van der Waals surface area contributed by atoms with Gasteiger partial charge >= 0.3 is 0 Å². The van der Waals surface area contributed by atoms with E-state index in [2.05, 4.69) is 22.3 Å². The topological polar surface area (TPSA) is 41.6 Å². The molecule has 1 aliphatic heterocycles. The molecule has 4 nitrogen and oxygen atoms in total. The van der Waals surface area contributed by atoms with Gasteiger partial charge in [-0.3, -0.25) is 4.79 Å². The molecule has 1 saturated heterocycles. The van der Waals surface area contributed by atoms with Crippen molar-refractivity contribution in [1.29, 1.82) is 0 Å². The Morgan fingerprint density at radius 2 is 1.67 bits per heavy atom. The van der Waals surface area contributed by atoms with Gasteiger partial charge in [-0.15, -0.1) is 0 Å². The number of piperidine rings is 1. The van der Waals surface area contributed by atoms with Crippen molar-refractivity contribution in [2.24, 2.45) is 0 Å². The number of benzene rings is 2. The maximum absolute atomic E-state index is 12.3. The lowest BCUT2D eigenvalue weighted by molar-refractivity contribution is -0.122. The monoisotopic (exact) mass is 324 g/mol. The van der Waals surface area contributed by atoms with Crippen LogP contribution in [-0.4, -0.2) is 25.1 Å². The van der Waals surface area contributed by atoms with Crippen LogP contribution < -0.4 is 15.0 Å². The van der Waals surface area contributed by atoms with Gasteiger partial charge in [0.2, 0.25) is 0 Å². The summed E-state index contributed by atoms with van der Waals surface area (Å²) in [5, 5.41) is 2.91. The van der Waals surface area contributed by atoms with Crippen LogP contribution in [0, 0.1) is 0 Å². The first kappa shape index (κ1) is 16.4. The molecule has 0 aromatic heterocycles. The first-order valence-electron chi connectivity index (χ1n) is 8.60. The van der Waals surface area contributed by atoms with E-state index in [1.807, 2.05) is 42.5 Å². The van der Waals surface area contributed by atoms with Crippen LogP contribution in [0.3, 0.4) is 0 Å². The summed E-state index contributed by atoms with van der Waals surface area (Å²) in [6.07, 6.45) is 3.29. The van der Waals surface area contributed by atoms with Gasteiger partial charge in [0.1, 0.15) is 5.75 Å². The number of nitrogens with one attached hydrogen (secondary N) is 1. The third-order valence-corrected chi connectivity index (χ3v) is 4.28. The van der Waals surface area contributed by atoms with Gasteiger partial charge in [-0.05, 0) is 62.6 Å². The molecule has 0 unspecified atom stereocenters. The molecule has 3 rings (SSSR count). The standard InChI is InChI=1S/C20H24N2O2/c1-16(24-19-8-4-2-5-9-19)20(23)21-17-10-12-18(13-11-17)22-14-6-3-7-15-22/h2,4-5,8-13,16H,3,6-7,14-15H2,1H3,(H,21,23)/t16-/m0/s1. The summed E-state index contributed by atoms with van der Waals surface area (Å²) >= 11 is 0. The highest BCUT2D eigenvalue weighted by Gasteiger charge is 2.15. The molecule has 0 radical (unpaired) electrons. The van der Waals surface area contributed by atoms with Crippen molar-refractivity contribution in [3.63, 3.8) is 0 Å². The molecule has 1 atom stereocenters. The van der Waals surface area contributed by atoms with Gasteiger partial charge in [0.25, 0.3) is 5.91 Å². The molecule has 1 amide bonds. The maximum atomic E-state index is 12.3. The number of hydrogen-bond acceptors (Lipinski definition) is 3. The Morgan fingerprint density at radius 1 is 1.00 bits per heavy atom. The molecule has 0 bridgehead atoms. The van der Waals surface area contributed by atoms with Crippen molar-refractivity contribution in [2.75, 3.05) is 23.3 Å². The highest BCUT2D eigenvalue weighted by atomic mass is 16.5. The minimum Gasteiger partial charge on any atom is -0.481 e. The predicted octanol–water partition coefficient (Wildman–Crippen LogP) is 4.08. The Kier molecular flexibility index (Phi) is 5.36. The number of para-hydroxylation sites is 1. The van der Waals surface area contributed by atoms with E-state index in [9.17, 15) is 4.79 Å². The first-order valence-corrected chi connectivity index (χ1v) is 8.60. The summed E-state index contributed by atoms with van der Waals surface area (Å²) in [4.78, 5) is 14.7. The molecule has 1 fully saturated rings. The summed E-state index contributed by atoms with van der Waals surface area (Å²) in [5.41, 5.74) is 2.02. The summed E-state index contributed by atoms with van der Waals surface area (Å²) in [6.45, 7) is 3.99. The predicted molar refractivity (Wildman–Crippen MR) is 97.7 cm³/mol. The molecule has 1 heterocycles. The summed E-state index contributed by atoms with van der Waals surface area (Å²) < 4.78 is 5.65. The zero-order valence-corrected chi connectivity index (χ0v) is 14.1. The number of hydrogen-bond donors (Lipinski definition) is 1. The van der Waals surface area contributed by atoms with Crippen molar-refractivity contribution >= 4 is 17.3 Å². The molecule has 126 valence electrons. The largest absolute Gasteiger partial charge is 0.481 e. The number of anilines is 2. The van der Waals surface area contributed by atoms with Gasteiger partial charge in [-0.25, -0.2) is 0 Å². The molecule has 1 N–H and O–H groups in total. The second-order valence-electron chi connectivity index (χ2n) is 6.16. The SMILES string of the molecule is C[C@H](Oc1ccccc1)C(=O)Nc1ccc(N2CCCCC2)cc1. The number of amides is 1. The van der Waals surface area contributed by atoms with E-state index in [0.29, 0.717) is 5.75 Å². The molecule has 2 aromatic rings. The average Bonchev–Trinajstić information content (AvgIpc) is 2.64. The lowest BCUT2D eigenvalue weighted by Crippen LogP contribution is -2.30. The third-order valence-electron chi connectivity index (χ3n) is 4.28. The van der Waals surface area contributed by atoms with Crippen molar-refractivity contribution < 1.29 is 9.53 Å². The number of ether oxygens (including phenoxy) is 1. The van der Waals surface area contributed by atoms with Crippen LogP contribution in [0.25, 0.3) is 0 Å². The van der Waals surface area contributed by atoms with Crippen molar-refractivity contribution in [1.82, 2.24) is 0 Å². The van der Waals surface area contributed by atoms with Crippen LogP contribution >= 0.6 is 0 Å². The van der Waals surface area contributed by atoms with Gasteiger partial charge in [-0.1, -0.05) is 18.2 Å². The van der Waals surface area contributed by atoms with Crippen LogP contribution in [-0.2, 0) is 4.79 Å².